The van der Waals surface area contributed by atoms with Crippen molar-refractivity contribution in [3.63, 3.8) is 0 Å². The number of anilines is 1. The Morgan fingerprint density at radius 1 is 1.13 bits per heavy atom. The molecule has 8 nitrogen and oxygen atoms in total. The van der Waals surface area contributed by atoms with E-state index in [9.17, 15) is 13.2 Å². The molecule has 0 spiro atoms. The van der Waals surface area contributed by atoms with Crippen LogP contribution >= 0.6 is 0 Å². The molecule has 0 radical (unpaired) electrons. The molecule has 0 atom stereocenters. The molecule has 164 valence electrons. The number of hydrogen-bond acceptors (Lipinski definition) is 6. The average molecular weight is 443 g/mol. The largest absolute Gasteiger partial charge is 0.374 e. The van der Waals surface area contributed by atoms with Gasteiger partial charge in [0.25, 0.3) is 5.91 Å². The minimum Gasteiger partial charge on any atom is -0.374 e. The van der Waals surface area contributed by atoms with Crippen molar-refractivity contribution in [3.05, 3.63) is 59.2 Å². The SMILES string of the molecule is CC(C)OCc1ccc(S(N)(=O)=O)cc1C(=O)N1CCN(c2ccc(C#N)cc2)CC1. The number of nitrogens with zero attached hydrogens (tertiary/aromatic N) is 3. The molecule has 1 aliphatic rings. The zero-order chi connectivity index (χ0) is 22.6. The fourth-order valence-electron chi connectivity index (χ4n) is 3.40. The number of piperazine rings is 1. The van der Waals surface area contributed by atoms with E-state index in [2.05, 4.69) is 11.0 Å². The molecule has 1 aliphatic heterocycles. The van der Waals surface area contributed by atoms with Crippen molar-refractivity contribution in [1.82, 2.24) is 4.90 Å². The van der Waals surface area contributed by atoms with Gasteiger partial charge >= 0.3 is 0 Å². The van der Waals surface area contributed by atoms with Crippen LogP contribution in [-0.2, 0) is 21.4 Å². The van der Waals surface area contributed by atoms with Crippen LogP contribution in [0.4, 0.5) is 5.69 Å². The number of carbonyl (C=O) groups excluding carboxylic acids is 1. The topological polar surface area (TPSA) is 117 Å². The number of nitriles is 1. The summed E-state index contributed by atoms with van der Waals surface area (Å²) in [6.45, 7) is 6.22. The summed E-state index contributed by atoms with van der Waals surface area (Å²) < 4.78 is 29.2. The zero-order valence-corrected chi connectivity index (χ0v) is 18.4. The lowest BCUT2D eigenvalue weighted by molar-refractivity contribution is 0.0623. The highest BCUT2D eigenvalue weighted by molar-refractivity contribution is 7.89. The lowest BCUT2D eigenvalue weighted by Gasteiger charge is -2.36. The zero-order valence-electron chi connectivity index (χ0n) is 17.6. The molecule has 9 heteroatoms. The lowest BCUT2D eigenvalue weighted by atomic mass is 10.1. The van der Waals surface area contributed by atoms with E-state index in [1.807, 2.05) is 26.0 Å². The first-order valence-corrected chi connectivity index (χ1v) is 11.6. The fraction of sp³-hybridized carbons (Fsp3) is 0.364. The third-order valence-corrected chi connectivity index (χ3v) is 6.05. The number of sulfonamides is 1. The lowest BCUT2D eigenvalue weighted by Crippen LogP contribution is -2.49. The predicted octanol–water partition coefficient (Wildman–Crippen LogP) is 2.09. The Balaban J connectivity index is 1.77. The number of carbonyl (C=O) groups is 1. The Morgan fingerprint density at radius 3 is 2.32 bits per heavy atom. The highest BCUT2D eigenvalue weighted by atomic mass is 32.2. The smallest absolute Gasteiger partial charge is 0.254 e. The monoisotopic (exact) mass is 442 g/mol. The average Bonchev–Trinajstić information content (AvgIpc) is 2.76. The maximum atomic E-state index is 13.3. The Labute approximate surface area is 182 Å². The van der Waals surface area contributed by atoms with Crippen molar-refractivity contribution in [2.75, 3.05) is 31.1 Å². The maximum absolute atomic E-state index is 13.3. The minimum absolute atomic E-state index is 0.0307. The first kappa shape index (κ1) is 22.7. The van der Waals surface area contributed by atoms with Gasteiger partial charge in [-0.05, 0) is 55.8 Å². The molecule has 0 aliphatic carbocycles. The van der Waals surface area contributed by atoms with Crippen LogP contribution in [0.1, 0.15) is 35.3 Å². The van der Waals surface area contributed by atoms with Crippen LogP contribution < -0.4 is 10.0 Å². The van der Waals surface area contributed by atoms with Crippen LogP contribution in [0.5, 0.6) is 0 Å². The van der Waals surface area contributed by atoms with Gasteiger partial charge in [0.1, 0.15) is 0 Å². The van der Waals surface area contributed by atoms with Gasteiger partial charge in [0.15, 0.2) is 0 Å². The molecule has 3 rings (SSSR count). The minimum atomic E-state index is -3.93. The molecule has 2 aromatic carbocycles. The van der Waals surface area contributed by atoms with Gasteiger partial charge in [0, 0.05) is 37.4 Å². The highest BCUT2D eigenvalue weighted by Gasteiger charge is 2.25. The van der Waals surface area contributed by atoms with Gasteiger partial charge in [-0.3, -0.25) is 4.79 Å². The molecule has 0 aromatic heterocycles. The fourth-order valence-corrected chi connectivity index (χ4v) is 3.94. The van der Waals surface area contributed by atoms with Crippen LogP contribution in [-0.4, -0.2) is 51.5 Å². The second kappa shape index (κ2) is 9.47. The van der Waals surface area contributed by atoms with Crippen LogP contribution in [0.2, 0.25) is 0 Å². The first-order valence-electron chi connectivity index (χ1n) is 10.0. The number of amides is 1. The molecule has 31 heavy (non-hydrogen) atoms. The van der Waals surface area contributed by atoms with E-state index in [4.69, 9.17) is 15.1 Å². The number of nitrogens with two attached hydrogens (primary N) is 1. The van der Waals surface area contributed by atoms with Crippen LogP contribution in [0, 0.1) is 11.3 Å². The van der Waals surface area contributed by atoms with Gasteiger partial charge in [-0.2, -0.15) is 5.26 Å². The van der Waals surface area contributed by atoms with Crippen molar-refractivity contribution in [2.45, 2.75) is 31.5 Å². The first-order chi connectivity index (χ1) is 14.7. The third-order valence-electron chi connectivity index (χ3n) is 5.14. The quantitative estimate of drug-likeness (QED) is 0.732. The number of benzene rings is 2. The summed E-state index contributed by atoms with van der Waals surface area (Å²) >= 11 is 0. The molecule has 1 fully saturated rings. The number of primary sulfonamides is 1. The van der Waals surface area contributed by atoms with E-state index < -0.39 is 10.0 Å². The van der Waals surface area contributed by atoms with Crippen LogP contribution in [0.3, 0.4) is 0 Å². The molecule has 0 bridgehead atoms. The van der Waals surface area contributed by atoms with E-state index in [1.165, 1.54) is 12.1 Å². The van der Waals surface area contributed by atoms with Crippen molar-refractivity contribution >= 4 is 21.6 Å². The summed E-state index contributed by atoms with van der Waals surface area (Å²) in [5.41, 5.74) is 2.51. The third kappa shape index (κ3) is 5.61. The van der Waals surface area contributed by atoms with Gasteiger partial charge < -0.3 is 14.5 Å². The van der Waals surface area contributed by atoms with Gasteiger partial charge in [0.2, 0.25) is 10.0 Å². The summed E-state index contributed by atoms with van der Waals surface area (Å²) in [7, 11) is -3.93. The van der Waals surface area contributed by atoms with Crippen molar-refractivity contribution in [2.24, 2.45) is 5.14 Å². The van der Waals surface area contributed by atoms with Crippen molar-refractivity contribution in [1.29, 1.82) is 5.26 Å². The number of ether oxygens (including phenoxy) is 1. The van der Waals surface area contributed by atoms with E-state index >= 15 is 0 Å². The summed E-state index contributed by atoms with van der Waals surface area (Å²) in [5, 5.41) is 14.2. The van der Waals surface area contributed by atoms with E-state index in [1.54, 1.807) is 23.1 Å². The second-order valence-corrected chi connectivity index (χ2v) is 9.22. The van der Waals surface area contributed by atoms with Crippen LogP contribution in [0.25, 0.3) is 0 Å². The molecule has 2 N–H and O–H groups in total. The van der Waals surface area contributed by atoms with Gasteiger partial charge in [-0.15, -0.1) is 0 Å². The van der Waals surface area contributed by atoms with Crippen LogP contribution in [0.15, 0.2) is 47.4 Å². The maximum Gasteiger partial charge on any atom is 0.254 e. The number of rotatable bonds is 6. The summed E-state index contributed by atoms with van der Waals surface area (Å²) in [6, 6.07) is 13.8. The van der Waals surface area contributed by atoms with Crippen molar-refractivity contribution in [3.8, 4) is 6.07 Å². The van der Waals surface area contributed by atoms with E-state index in [0.717, 1.165) is 5.69 Å². The van der Waals surface area contributed by atoms with E-state index in [0.29, 0.717) is 42.9 Å². The molecule has 0 saturated carbocycles. The Kier molecular flexibility index (Phi) is 6.95. The second-order valence-electron chi connectivity index (χ2n) is 7.66. The normalized spacial score (nSPS) is 14.5. The molecule has 1 saturated heterocycles. The van der Waals surface area contributed by atoms with Gasteiger partial charge in [0.05, 0.1) is 29.2 Å². The molecule has 2 aromatic rings. The molecular formula is C22H26N4O4S. The number of hydrogen-bond donors (Lipinski definition) is 1. The standard InChI is InChI=1S/C22H26N4O4S/c1-16(2)30-15-18-5-8-20(31(24,28)29)13-21(18)22(27)26-11-9-25(10-12-26)19-6-3-17(14-23)4-7-19/h3-8,13,16H,9-12,15H2,1-2H3,(H2,24,28,29). The van der Waals surface area contributed by atoms with Gasteiger partial charge in [-0.25, -0.2) is 13.6 Å². The van der Waals surface area contributed by atoms with Gasteiger partial charge in [-0.1, -0.05) is 6.07 Å². The Bertz CT molecular complexity index is 1080. The summed E-state index contributed by atoms with van der Waals surface area (Å²) in [5.74, 6) is -0.243. The Morgan fingerprint density at radius 2 is 1.77 bits per heavy atom. The Hall–Kier alpha value is -2.93. The molecule has 1 heterocycles. The highest BCUT2D eigenvalue weighted by Crippen LogP contribution is 2.22. The summed E-state index contributed by atoms with van der Waals surface area (Å²) in [6.07, 6.45) is -0.0307. The molecule has 1 amide bonds. The van der Waals surface area contributed by atoms with Crippen molar-refractivity contribution < 1.29 is 17.9 Å². The molecular weight excluding hydrogens is 416 g/mol. The predicted molar refractivity (Wildman–Crippen MR) is 117 cm³/mol. The summed E-state index contributed by atoms with van der Waals surface area (Å²) in [4.78, 5) is 17.0. The van der Waals surface area contributed by atoms with E-state index in [-0.39, 0.29) is 23.5 Å². The molecule has 0 unspecified atom stereocenters.